The Bertz CT molecular complexity index is 534. The Morgan fingerprint density at radius 2 is 1.84 bits per heavy atom. The second-order valence-corrected chi connectivity index (χ2v) is 6.05. The van der Waals surface area contributed by atoms with Crippen LogP contribution in [0.3, 0.4) is 0 Å². The maximum absolute atomic E-state index is 12.4. The molecule has 0 saturated carbocycles. The zero-order valence-electron chi connectivity index (χ0n) is 9.87. The highest BCUT2D eigenvalue weighted by molar-refractivity contribution is 7.89. The minimum absolute atomic E-state index is 0.160. The van der Waals surface area contributed by atoms with Crippen LogP contribution in [0.25, 0.3) is 0 Å². The van der Waals surface area contributed by atoms with Crippen LogP contribution in [0.15, 0.2) is 29.2 Å². The molecule has 0 bridgehead atoms. The van der Waals surface area contributed by atoms with Gasteiger partial charge in [-0.05, 0) is 37.2 Å². The smallest absolute Gasteiger partial charge is 0.315 e. The predicted octanol–water partition coefficient (Wildman–Crippen LogP) is 1.35. The third-order valence-corrected chi connectivity index (χ3v) is 4.41. The number of hydrogen-bond donors (Lipinski definition) is 2. The molecule has 0 amide bonds. The molecule has 19 heavy (non-hydrogen) atoms. The molecule has 1 aromatic carbocycles. The summed E-state index contributed by atoms with van der Waals surface area (Å²) in [5, 5.41) is 3.00. The van der Waals surface area contributed by atoms with Gasteiger partial charge in [-0.3, -0.25) is 0 Å². The van der Waals surface area contributed by atoms with Gasteiger partial charge >= 0.3 is 6.18 Å². The number of nitrogens with one attached hydrogen (secondary N) is 2. The Morgan fingerprint density at radius 3 is 2.32 bits per heavy atom. The van der Waals surface area contributed by atoms with Crippen molar-refractivity contribution < 1.29 is 21.6 Å². The highest BCUT2D eigenvalue weighted by atomic mass is 32.2. The number of sulfonamides is 1. The average molecular weight is 294 g/mol. The van der Waals surface area contributed by atoms with Gasteiger partial charge in [-0.25, -0.2) is 13.1 Å². The number of alkyl halides is 3. The lowest BCUT2D eigenvalue weighted by atomic mass is 10.2. The lowest BCUT2D eigenvalue weighted by Gasteiger charge is -2.13. The van der Waals surface area contributed by atoms with Gasteiger partial charge in [-0.1, -0.05) is 0 Å². The highest BCUT2D eigenvalue weighted by Gasteiger charge is 2.31. The first-order chi connectivity index (χ1) is 8.79. The number of halogens is 3. The molecule has 2 rings (SSSR count). The SMILES string of the molecule is O=S(=O)(NC1CCNC1)c1ccc(C(F)(F)F)cc1. The fourth-order valence-corrected chi connectivity index (χ4v) is 3.14. The molecule has 0 aromatic heterocycles. The monoisotopic (exact) mass is 294 g/mol. The van der Waals surface area contributed by atoms with Crippen LogP contribution in [0.5, 0.6) is 0 Å². The van der Waals surface area contributed by atoms with E-state index in [0.717, 1.165) is 30.8 Å². The summed E-state index contributed by atoms with van der Waals surface area (Å²) in [4.78, 5) is -0.160. The van der Waals surface area contributed by atoms with Gasteiger partial charge < -0.3 is 5.32 Å². The molecule has 1 saturated heterocycles. The summed E-state index contributed by atoms with van der Waals surface area (Å²) in [6.07, 6.45) is -3.80. The summed E-state index contributed by atoms with van der Waals surface area (Å²) in [5.41, 5.74) is -0.867. The molecule has 4 nitrogen and oxygen atoms in total. The second kappa shape index (κ2) is 5.10. The molecule has 106 valence electrons. The maximum Gasteiger partial charge on any atom is 0.416 e. The van der Waals surface area contributed by atoms with Crippen LogP contribution in [0, 0.1) is 0 Å². The van der Waals surface area contributed by atoms with Crippen molar-refractivity contribution in [3.8, 4) is 0 Å². The van der Waals surface area contributed by atoms with Crippen molar-refractivity contribution in [2.24, 2.45) is 0 Å². The van der Waals surface area contributed by atoms with Crippen molar-refractivity contribution in [1.82, 2.24) is 10.0 Å². The molecule has 8 heteroatoms. The van der Waals surface area contributed by atoms with Gasteiger partial charge in [0.2, 0.25) is 10.0 Å². The fourth-order valence-electron chi connectivity index (χ4n) is 1.87. The van der Waals surface area contributed by atoms with Gasteiger partial charge in [0.15, 0.2) is 0 Å². The molecule has 1 aliphatic heterocycles. The number of benzene rings is 1. The van der Waals surface area contributed by atoms with Crippen LogP contribution < -0.4 is 10.0 Å². The molecule has 2 N–H and O–H groups in total. The van der Waals surface area contributed by atoms with Crippen LogP contribution in [0.4, 0.5) is 13.2 Å². The normalized spacial score (nSPS) is 20.7. The standard InChI is InChI=1S/C11H13F3N2O2S/c12-11(13,14)8-1-3-10(4-2-8)19(17,18)16-9-5-6-15-7-9/h1-4,9,15-16H,5-7H2. The average Bonchev–Trinajstić information content (AvgIpc) is 2.80. The summed E-state index contributed by atoms with van der Waals surface area (Å²) in [6.45, 7) is 1.25. The van der Waals surface area contributed by atoms with E-state index in [-0.39, 0.29) is 10.9 Å². The first-order valence-electron chi connectivity index (χ1n) is 5.69. The van der Waals surface area contributed by atoms with E-state index in [0.29, 0.717) is 13.0 Å². The van der Waals surface area contributed by atoms with E-state index in [4.69, 9.17) is 0 Å². The summed E-state index contributed by atoms with van der Waals surface area (Å²) >= 11 is 0. The Labute approximate surface area is 109 Å². The van der Waals surface area contributed by atoms with E-state index in [1.165, 1.54) is 0 Å². The van der Waals surface area contributed by atoms with E-state index in [1.54, 1.807) is 0 Å². The number of hydrogen-bond acceptors (Lipinski definition) is 3. The minimum atomic E-state index is -4.47. The Hall–Kier alpha value is -1.12. The Morgan fingerprint density at radius 1 is 1.21 bits per heavy atom. The van der Waals surface area contributed by atoms with Crippen LogP contribution >= 0.6 is 0 Å². The zero-order chi connectivity index (χ0) is 14.1. The second-order valence-electron chi connectivity index (χ2n) is 4.33. The topological polar surface area (TPSA) is 58.2 Å². The third-order valence-electron chi connectivity index (χ3n) is 2.87. The van der Waals surface area contributed by atoms with E-state index >= 15 is 0 Å². The molecular weight excluding hydrogens is 281 g/mol. The summed E-state index contributed by atoms with van der Waals surface area (Å²) in [7, 11) is -3.76. The van der Waals surface area contributed by atoms with Gasteiger partial charge in [0.05, 0.1) is 10.5 Å². The molecule has 1 atom stereocenters. The van der Waals surface area contributed by atoms with Crippen LogP contribution in [-0.2, 0) is 16.2 Å². The molecule has 1 aliphatic rings. The molecule has 1 fully saturated rings. The van der Waals surface area contributed by atoms with Crippen molar-refractivity contribution >= 4 is 10.0 Å². The molecule has 1 heterocycles. The van der Waals surface area contributed by atoms with E-state index < -0.39 is 21.8 Å². The summed E-state index contributed by atoms with van der Waals surface area (Å²) in [5.74, 6) is 0. The van der Waals surface area contributed by atoms with Crippen molar-refractivity contribution in [2.75, 3.05) is 13.1 Å². The third kappa shape index (κ3) is 3.46. The van der Waals surface area contributed by atoms with E-state index in [1.807, 2.05) is 0 Å². The van der Waals surface area contributed by atoms with Crippen molar-refractivity contribution in [1.29, 1.82) is 0 Å². The van der Waals surface area contributed by atoms with Gasteiger partial charge in [-0.15, -0.1) is 0 Å². The first-order valence-corrected chi connectivity index (χ1v) is 7.18. The van der Waals surface area contributed by atoms with Gasteiger partial charge in [0, 0.05) is 12.6 Å². The molecule has 1 unspecified atom stereocenters. The van der Waals surface area contributed by atoms with Crippen LogP contribution in [0.1, 0.15) is 12.0 Å². The van der Waals surface area contributed by atoms with Gasteiger partial charge in [-0.2, -0.15) is 13.2 Å². The first kappa shape index (κ1) is 14.3. The minimum Gasteiger partial charge on any atom is -0.315 e. The lowest BCUT2D eigenvalue weighted by Crippen LogP contribution is -2.36. The van der Waals surface area contributed by atoms with Crippen molar-refractivity contribution in [2.45, 2.75) is 23.5 Å². The van der Waals surface area contributed by atoms with Crippen molar-refractivity contribution in [3.63, 3.8) is 0 Å². The van der Waals surface area contributed by atoms with Gasteiger partial charge in [0.25, 0.3) is 0 Å². The summed E-state index contributed by atoms with van der Waals surface area (Å²) in [6, 6.07) is 3.25. The zero-order valence-corrected chi connectivity index (χ0v) is 10.7. The molecule has 0 spiro atoms. The Balaban J connectivity index is 2.16. The number of rotatable bonds is 3. The van der Waals surface area contributed by atoms with E-state index in [9.17, 15) is 21.6 Å². The lowest BCUT2D eigenvalue weighted by molar-refractivity contribution is -0.137. The summed E-state index contributed by atoms with van der Waals surface area (Å²) < 4.78 is 63.4. The fraction of sp³-hybridized carbons (Fsp3) is 0.455. The van der Waals surface area contributed by atoms with Crippen LogP contribution in [0.2, 0.25) is 0 Å². The van der Waals surface area contributed by atoms with Crippen LogP contribution in [-0.4, -0.2) is 27.5 Å². The van der Waals surface area contributed by atoms with Gasteiger partial charge in [0.1, 0.15) is 0 Å². The van der Waals surface area contributed by atoms with Crippen molar-refractivity contribution in [3.05, 3.63) is 29.8 Å². The molecule has 1 aromatic rings. The molecular formula is C11H13F3N2O2S. The molecule has 0 radical (unpaired) electrons. The predicted molar refractivity (Wildman–Crippen MR) is 63.0 cm³/mol. The molecule has 0 aliphatic carbocycles. The maximum atomic E-state index is 12.4. The Kier molecular flexibility index (Phi) is 3.84. The quantitative estimate of drug-likeness (QED) is 0.884. The highest BCUT2D eigenvalue weighted by Crippen LogP contribution is 2.29. The largest absolute Gasteiger partial charge is 0.416 e. The van der Waals surface area contributed by atoms with E-state index in [2.05, 4.69) is 10.0 Å².